The molecule has 0 aliphatic heterocycles. The number of esters is 2. The third kappa shape index (κ3) is 7.03. The summed E-state index contributed by atoms with van der Waals surface area (Å²) in [6.45, 7) is 20.2. The van der Waals surface area contributed by atoms with E-state index < -0.39 is 70.5 Å². The molecule has 0 spiro atoms. The van der Waals surface area contributed by atoms with Crippen molar-refractivity contribution in [3.8, 4) is 0 Å². The molecule has 2 fully saturated rings. The zero-order valence-corrected chi connectivity index (χ0v) is 30.7. The quantitative estimate of drug-likeness (QED) is 0.0875. The smallest absolute Gasteiger partial charge is 0.309 e. The Labute approximate surface area is 283 Å². The summed E-state index contributed by atoms with van der Waals surface area (Å²) in [6, 6.07) is 0. The predicted molar refractivity (Wildman–Crippen MR) is 183 cm³/mol. The second-order valence-corrected chi connectivity index (χ2v) is 16.2. The number of Topliss-reactive ketones (excluding diaryl/α,β-unsaturated/α-hetero) is 1. The van der Waals surface area contributed by atoms with Crippen molar-refractivity contribution in [2.75, 3.05) is 6.61 Å². The van der Waals surface area contributed by atoms with E-state index in [0.717, 1.165) is 19.3 Å². The molecule has 8 heteroatoms. The molecule has 2 saturated carbocycles. The van der Waals surface area contributed by atoms with Gasteiger partial charge < -0.3 is 24.8 Å². The minimum absolute atomic E-state index is 0.0484. The van der Waals surface area contributed by atoms with Crippen molar-refractivity contribution in [3.05, 3.63) is 23.8 Å². The summed E-state index contributed by atoms with van der Waals surface area (Å²) in [5, 5.41) is 35.2. The van der Waals surface area contributed by atoms with Gasteiger partial charge in [0.15, 0.2) is 6.10 Å². The van der Waals surface area contributed by atoms with Crippen LogP contribution in [0.25, 0.3) is 0 Å². The number of ketones is 1. The lowest BCUT2D eigenvalue weighted by molar-refractivity contribution is -0.221. The van der Waals surface area contributed by atoms with Crippen LogP contribution in [0.5, 0.6) is 0 Å². The molecule has 0 radical (unpaired) electrons. The van der Waals surface area contributed by atoms with E-state index in [-0.39, 0.29) is 35.2 Å². The summed E-state index contributed by atoms with van der Waals surface area (Å²) in [5.41, 5.74) is -5.20. The Kier molecular flexibility index (Phi) is 12.8. The maximum Gasteiger partial charge on any atom is 0.309 e. The molecule has 8 nitrogen and oxygen atoms in total. The van der Waals surface area contributed by atoms with Crippen LogP contribution in [0.2, 0.25) is 0 Å². The first-order valence-electron chi connectivity index (χ1n) is 18.2. The van der Waals surface area contributed by atoms with Crippen molar-refractivity contribution in [1.29, 1.82) is 0 Å². The molecule has 0 aromatic rings. The summed E-state index contributed by atoms with van der Waals surface area (Å²) < 4.78 is 12.4. The molecule has 3 aliphatic rings. The van der Waals surface area contributed by atoms with Gasteiger partial charge in [-0.1, -0.05) is 112 Å². The second-order valence-electron chi connectivity index (χ2n) is 16.2. The fourth-order valence-corrected chi connectivity index (χ4v) is 8.72. The normalized spacial score (nSPS) is 34.0. The Morgan fingerprint density at radius 1 is 1.02 bits per heavy atom. The first kappa shape index (κ1) is 39.4. The zero-order chi connectivity index (χ0) is 35.5. The Bertz CT molecular complexity index is 1190. The van der Waals surface area contributed by atoms with Gasteiger partial charge in [0.05, 0.1) is 17.9 Å². The molecule has 3 N–H and O–H groups in total. The van der Waals surface area contributed by atoms with Crippen LogP contribution in [0.1, 0.15) is 133 Å². The van der Waals surface area contributed by atoms with E-state index in [1.807, 2.05) is 34.6 Å². The molecule has 2 bridgehead atoms. The third-order valence-electron chi connectivity index (χ3n) is 12.5. The number of aliphatic hydroxyl groups is 3. The molecule has 0 amide bonds. The number of aliphatic hydroxyl groups excluding tert-OH is 2. The highest BCUT2D eigenvalue weighted by Gasteiger charge is 2.82. The lowest BCUT2D eigenvalue weighted by Crippen LogP contribution is -2.68. The molecule has 0 heterocycles. The first-order valence-corrected chi connectivity index (χ1v) is 18.2. The fourth-order valence-electron chi connectivity index (χ4n) is 8.72. The lowest BCUT2D eigenvalue weighted by Gasteiger charge is -2.52. The largest absolute Gasteiger partial charge is 0.458 e. The molecule has 268 valence electrons. The second kappa shape index (κ2) is 15.2. The number of hydrogen-bond acceptors (Lipinski definition) is 8. The predicted octanol–water partition coefficient (Wildman–Crippen LogP) is 6.88. The van der Waals surface area contributed by atoms with E-state index in [4.69, 9.17) is 9.47 Å². The number of hydrogen-bond donors (Lipinski definition) is 3. The van der Waals surface area contributed by atoms with E-state index in [0.29, 0.717) is 6.42 Å². The van der Waals surface area contributed by atoms with Crippen LogP contribution >= 0.6 is 0 Å². The summed E-state index contributed by atoms with van der Waals surface area (Å²) in [5.74, 6) is -3.63. The van der Waals surface area contributed by atoms with Gasteiger partial charge in [-0.25, -0.2) is 0 Å². The number of carbonyl (C=O) groups is 3. The van der Waals surface area contributed by atoms with E-state index >= 15 is 0 Å². The van der Waals surface area contributed by atoms with E-state index in [1.165, 1.54) is 38.5 Å². The monoisotopic (exact) mass is 660 g/mol. The number of fused-ring (bicyclic) bond motifs is 4. The molecule has 47 heavy (non-hydrogen) atoms. The van der Waals surface area contributed by atoms with Crippen molar-refractivity contribution in [1.82, 2.24) is 0 Å². The lowest BCUT2D eigenvalue weighted by atomic mass is 9.56. The van der Waals surface area contributed by atoms with Gasteiger partial charge in [0.25, 0.3) is 0 Å². The van der Waals surface area contributed by atoms with Gasteiger partial charge in [-0.3, -0.25) is 14.4 Å². The van der Waals surface area contributed by atoms with Crippen LogP contribution in [-0.4, -0.2) is 63.1 Å². The van der Waals surface area contributed by atoms with Gasteiger partial charge in [-0.05, 0) is 49.7 Å². The van der Waals surface area contributed by atoms with E-state index in [9.17, 15) is 29.7 Å². The van der Waals surface area contributed by atoms with E-state index in [2.05, 4.69) is 13.5 Å². The van der Waals surface area contributed by atoms with Crippen molar-refractivity contribution >= 4 is 17.7 Å². The number of unbranched alkanes of at least 4 members (excludes halogenated alkanes) is 8. The summed E-state index contributed by atoms with van der Waals surface area (Å²) in [7, 11) is 0. The van der Waals surface area contributed by atoms with Crippen LogP contribution in [-0.2, 0) is 23.9 Å². The average molecular weight is 661 g/mol. The van der Waals surface area contributed by atoms with E-state index in [1.54, 1.807) is 26.8 Å². The maximum atomic E-state index is 14.9. The van der Waals surface area contributed by atoms with Gasteiger partial charge in [0.1, 0.15) is 23.1 Å². The number of allylic oxidation sites excluding steroid dienone is 1. The van der Waals surface area contributed by atoms with Crippen LogP contribution in [0.4, 0.5) is 0 Å². The van der Waals surface area contributed by atoms with Crippen molar-refractivity contribution in [3.63, 3.8) is 0 Å². The third-order valence-corrected chi connectivity index (χ3v) is 12.5. The Morgan fingerprint density at radius 3 is 2.09 bits per heavy atom. The fraction of sp³-hybridized carbons (Fsp3) is 0.821. The molecular weight excluding hydrogens is 596 g/mol. The molecular formula is C39H64O8. The Morgan fingerprint density at radius 2 is 1.57 bits per heavy atom. The Balaban J connectivity index is 1.93. The minimum Gasteiger partial charge on any atom is -0.458 e. The zero-order valence-electron chi connectivity index (χ0n) is 30.7. The molecule has 0 aromatic heterocycles. The molecule has 9 atom stereocenters. The number of ether oxygens (including phenoxy) is 2. The number of rotatable bonds is 17. The van der Waals surface area contributed by atoms with Crippen LogP contribution in [0, 0.1) is 40.4 Å². The summed E-state index contributed by atoms with van der Waals surface area (Å²) >= 11 is 0. The Hall–Kier alpha value is -2.03. The SMILES string of the molecule is C=C(C)[C@H](OC(=O)C(C)C(C)C)[C@@]1(O)[C@H](O)C(CO)=C[C@@H]2C(=O)[C@]1(C)[C@H](C)CC1(OC(=O)CCCCCCCCCCC)C2C1(C)C. The van der Waals surface area contributed by atoms with Gasteiger partial charge in [0, 0.05) is 23.7 Å². The first-order chi connectivity index (χ1) is 21.9. The van der Waals surface area contributed by atoms with Gasteiger partial charge >= 0.3 is 11.9 Å². The average Bonchev–Trinajstić information content (AvgIpc) is 3.51. The maximum absolute atomic E-state index is 14.9. The molecule has 0 aromatic carbocycles. The summed E-state index contributed by atoms with van der Waals surface area (Å²) in [4.78, 5) is 41.5. The highest BCUT2D eigenvalue weighted by atomic mass is 16.6. The van der Waals surface area contributed by atoms with Crippen molar-refractivity contribution in [2.24, 2.45) is 40.4 Å². The highest BCUT2D eigenvalue weighted by molar-refractivity contribution is 5.93. The standard InChI is InChI=1S/C39H64O8/c1-11-12-13-14-15-16-17-18-19-20-30(41)47-38-22-26(6)37(10)33(43)29(31(38)36(38,8)9)21-28(23-40)32(42)39(37,45)34(25(4)5)46-35(44)27(7)24(2)3/h21,24,26-27,29,31-32,34,40,42,45H,4,11-20,22-23H2,1-3,5-10H3/t26-,27?,29+,31?,32-,34+,37+,38?,39+/m1/s1. The van der Waals surface area contributed by atoms with Gasteiger partial charge in [0.2, 0.25) is 0 Å². The topological polar surface area (TPSA) is 130 Å². The molecule has 0 saturated heterocycles. The van der Waals surface area contributed by atoms with Crippen molar-refractivity contribution in [2.45, 2.75) is 156 Å². The molecule has 3 rings (SSSR count). The highest BCUT2D eigenvalue weighted by Crippen LogP contribution is 2.74. The van der Waals surface area contributed by atoms with Gasteiger partial charge in [-0.2, -0.15) is 0 Å². The molecule has 3 aliphatic carbocycles. The van der Waals surface area contributed by atoms with Crippen LogP contribution in [0.15, 0.2) is 23.8 Å². The van der Waals surface area contributed by atoms with Gasteiger partial charge in [-0.15, -0.1) is 0 Å². The van der Waals surface area contributed by atoms with Crippen LogP contribution < -0.4 is 0 Å². The number of carbonyl (C=O) groups excluding carboxylic acids is 3. The van der Waals surface area contributed by atoms with Crippen LogP contribution in [0.3, 0.4) is 0 Å². The molecule has 3 unspecified atom stereocenters. The minimum atomic E-state index is -2.35. The van der Waals surface area contributed by atoms with Crippen molar-refractivity contribution < 1.29 is 39.2 Å². The summed E-state index contributed by atoms with van der Waals surface area (Å²) in [6.07, 6.45) is 9.23.